The highest BCUT2D eigenvalue weighted by Crippen LogP contribution is 2.41. The molecule has 0 bridgehead atoms. The van der Waals surface area contributed by atoms with Crippen molar-refractivity contribution in [2.75, 3.05) is 0 Å². The summed E-state index contributed by atoms with van der Waals surface area (Å²) in [4.78, 5) is 10.5. The Morgan fingerprint density at radius 2 is 1.11 bits per heavy atom. The maximum atomic E-state index is 6.66. The van der Waals surface area contributed by atoms with E-state index in [-0.39, 0.29) is 0 Å². The van der Waals surface area contributed by atoms with Crippen molar-refractivity contribution in [3.05, 3.63) is 162 Å². The van der Waals surface area contributed by atoms with Crippen LogP contribution in [-0.4, -0.2) is 11.5 Å². The van der Waals surface area contributed by atoms with Crippen LogP contribution in [0, 0.1) is 0 Å². The zero-order chi connectivity index (χ0) is 29.7. The SMILES string of the molecule is C1=C(c2ccccc2)N=C(c2ccc(-c3ccc4oc5ccccc5c4c3)c3oc4ccccc4c23)N=C(c2ccccc2)C1. The van der Waals surface area contributed by atoms with Crippen LogP contribution in [0.4, 0.5) is 0 Å². The third-order valence-electron chi connectivity index (χ3n) is 8.59. The third kappa shape index (κ3) is 4.30. The van der Waals surface area contributed by atoms with Crippen molar-refractivity contribution >= 4 is 61.1 Å². The molecule has 0 aliphatic carbocycles. The normalized spacial score (nSPS) is 13.6. The van der Waals surface area contributed by atoms with Crippen LogP contribution in [0.3, 0.4) is 0 Å². The Hall–Kier alpha value is -6.00. The Morgan fingerprint density at radius 1 is 0.467 bits per heavy atom. The van der Waals surface area contributed by atoms with E-state index in [2.05, 4.69) is 91.0 Å². The highest BCUT2D eigenvalue weighted by atomic mass is 16.3. The van der Waals surface area contributed by atoms with Crippen LogP contribution < -0.4 is 0 Å². The number of allylic oxidation sites excluding steroid dienone is 1. The summed E-state index contributed by atoms with van der Waals surface area (Å²) in [7, 11) is 0. The number of amidine groups is 1. The second-order valence-corrected chi connectivity index (χ2v) is 11.3. The highest BCUT2D eigenvalue weighted by molar-refractivity contribution is 6.24. The number of furan rings is 2. The van der Waals surface area contributed by atoms with Gasteiger partial charge in [0, 0.05) is 39.1 Å². The Kier molecular flexibility index (Phi) is 5.85. The number of hydrogen-bond acceptors (Lipinski definition) is 4. The molecule has 6 aromatic carbocycles. The monoisotopic (exact) mass is 578 g/mol. The molecule has 0 atom stereocenters. The van der Waals surface area contributed by atoms with Gasteiger partial charge in [0.2, 0.25) is 0 Å². The first-order valence-corrected chi connectivity index (χ1v) is 15.1. The van der Waals surface area contributed by atoms with Crippen LogP contribution in [-0.2, 0) is 0 Å². The molecule has 0 spiro atoms. The molecule has 3 heterocycles. The van der Waals surface area contributed by atoms with Crippen LogP contribution in [0.15, 0.2) is 164 Å². The van der Waals surface area contributed by atoms with Crippen molar-refractivity contribution in [3.63, 3.8) is 0 Å². The Labute approximate surface area is 259 Å². The Balaban J connectivity index is 1.30. The molecule has 212 valence electrons. The number of rotatable bonds is 4. The maximum Gasteiger partial charge on any atom is 0.160 e. The number of aliphatic imine (C=N–C) groups is 2. The number of benzene rings is 6. The molecule has 0 amide bonds. The lowest BCUT2D eigenvalue weighted by Crippen LogP contribution is -2.05. The lowest BCUT2D eigenvalue weighted by Gasteiger charge is -2.10. The van der Waals surface area contributed by atoms with E-state index in [4.69, 9.17) is 18.8 Å². The van der Waals surface area contributed by atoms with Gasteiger partial charge < -0.3 is 8.83 Å². The van der Waals surface area contributed by atoms with E-state index in [1.165, 1.54) is 0 Å². The fourth-order valence-corrected chi connectivity index (χ4v) is 6.41. The molecule has 1 aliphatic heterocycles. The zero-order valence-corrected chi connectivity index (χ0v) is 24.3. The molecule has 0 radical (unpaired) electrons. The van der Waals surface area contributed by atoms with E-state index in [0.29, 0.717) is 12.3 Å². The van der Waals surface area contributed by atoms with Crippen LogP contribution in [0.2, 0.25) is 0 Å². The molecule has 0 fully saturated rings. The van der Waals surface area contributed by atoms with E-state index >= 15 is 0 Å². The minimum Gasteiger partial charge on any atom is -0.456 e. The van der Waals surface area contributed by atoms with Crippen molar-refractivity contribution in [1.29, 1.82) is 0 Å². The summed E-state index contributed by atoms with van der Waals surface area (Å²) in [5.74, 6) is 0.667. The minimum absolute atomic E-state index is 0.667. The average molecular weight is 579 g/mol. The van der Waals surface area contributed by atoms with Gasteiger partial charge in [-0.05, 0) is 53.1 Å². The van der Waals surface area contributed by atoms with E-state index in [9.17, 15) is 0 Å². The molecule has 1 aliphatic rings. The summed E-state index contributed by atoms with van der Waals surface area (Å²) in [6.45, 7) is 0. The first-order valence-electron chi connectivity index (χ1n) is 15.1. The summed E-state index contributed by atoms with van der Waals surface area (Å²) in [5.41, 5.74) is 10.4. The summed E-state index contributed by atoms with van der Waals surface area (Å²) in [6.07, 6.45) is 2.85. The van der Waals surface area contributed by atoms with Crippen molar-refractivity contribution in [1.82, 2.24) is 0 Å². The van der Waals surface area contributed by atoms with E-state index in [1.54, 1.807) is 0 Å². The molecule has 4 nitrogen and oxygen atoms in total. The minimum atomic E-state index is 0.667. The van der Waals surface area contributed by atoms with Gasteiger partial charge in [-0.2, -0.15) is 0 Å². The summed E-state index contributed by atoms with van der Waals surface area (Å²) < 4.78 is 12.8. The largest absolute Gasteiger partial charge is 0.456 e. The lowest BCUT2D eigenvalue weighted by molar-refractivity contribution is 0.668. The summed E-state index contributed by atoms with van der Waals surface area (Å²) in [5, 5.41) is 4.22. The fourth-order valence-electron chi connectivity index (χ4n) is 6.41. The zero-order valence-electron chi connectivity index (χ0n) is 24.3. The van der Waals surface area contributed by atoms with Crippen LogP contribution in [0.5, 0.6) is 0 Å². The molecule has 2 aromatic heterocycles. The van der Waals surface area contributed by atoms with Crippen LogP contribution >= 0.6 is 0 Å². The molecule has 0 saturated heterocycles. The fraction of sp³-hybridized carbons (Fsp3) is 0.0244. The molecule has 4 heteroatoms. The van der Waals surface area contributed by atoms with E-state index in [1.807, 2.05) is 54.6 Å². The first-order chi connectivity index (χ1) is 22.3. The second kappa shape index (κ2) is 10.3. The lowest BCUT2D eigenvalue weighted by atomic mass is 9.96. The molecule has 0 N–H and O–H groups in total. The predicted molar refractivity (Wildman–Crippen MR) is 185 cm³/mol. The van der Waals surface area contributed by atoms with Crippen LogP contribution in [0.25, 0.3) is 60.7 Å². The quantitative estimate of drug-likeness (QED) is 0.209. The average Bonchev–Trinajstić information content (AvgIpc) is 3.59. The van der Waals surface area contributed by atoms with E-state index in [0.717, 1.165) is 83.1 Å². The Morgan fingerprint density at radius 3 is 1.91 bits per heavy atom. The van der Waals surface area contributed by atoms with Gasteiger partial charge in [0.1, 0.15) is 22.3 Å². The standard InChI is InChI=1S/C41H26N2O2/c1-3-11-26(12-4-1)34-22-23-35(27-13-5-2-6-14-27)43-41(42-34)32-21-20-29(40-39(32)31-16-8-10-18-37(31)45-40)28-19-24-38-33(25-28)30-15-7-9-17-36(30)44-38/h1-22,24-25H,23H2. The topological polar surface area (TPSA) is 51.0 Å². The summed E-state index contributed by atoms with van der Waals surface area (Å²) >= 11 is 0. The molecule has 8 aromatic rings. The van der Waals surface area contributed by atoms with Gasteiger partial charge in [-0.3, -0.25) is 0 Å². The molecule has 45 heavy (non-hydrogen) atoms. The molecular formula is C41H26N2O2. The Bertz CT molecular complexity index is 2500. The number of fused-ring (bicyclic) bond motifs is 6. The van der Waals surface area contributed by atoms with Gasteiger partial charge in [0.05, 0.1) is 11.4 Å². The molecule has 0 unspecified atom stereocenters. The van der Waals surface area contributed by atoms with Crippen molar-refractivity contribution in [2.45, 2.75) is 6.42 Å². The van der Waals surface area contributed by atoms with Gasteiger partial charge >= 0.3 is 0 Å². The maximum absolute atomic E-state index is 6.66. The van der Waals surface area contributed by atoms with Gasteiger partial charge in [0.25, 0.3) is 0 Å². The van der Waals surface area contributed by atoms with Crippen molar-refractivity contribution < 1.29 is 8.83 Å². The molecular weight excluding hydrogens is 552 g/mol. The number of hydrogen-bond donors (Lipinski definition) is 0. The van der Waals surface area contributed by atoms with Gasteiger partial charge in [-0.25, -0.2) is 9.98 Å². The van der Waals surface area contributed by atoms with Crippen LogP contribution in [0.1, 0.15) is 23.1 Å². The smallest absolute Gasteiger partial charge is 0.160 e. The third-order valence-corrected chi connectivity index (χ3v) is 8.59. The number of nitrogens with zero attached hydrogens (tertiary/aromatic N) is 2. The van der Waals surface area contributed by atoms with Gasteiger partial charge in [0.15, 0.2) is 5.84 Å². The number of para-hydroxylation sites is 2. The predicted octanol–water partition coefficient (Wildman–Crippen LogP) is 10.8. The van der Waals surface area contributed by atoms with E-state index < -0.39 is 0 Å². The highest BCUT2D eigenvalue weighted by Gasteiger charge is 2.22. The van der Waals surface area contributed by atoms with Gasteiger partial charge in [-0.15, -0.1) is 0 Å². The van der Waals surface area contributed by atoms with Gasteiger partial charge in [-0.1, -0.05) is 109 Å². The molecule has 9 rings (SSSR count). The van der Waals surface area contributed by atoms with Crippen molar-refractivity contribution in [2.24, 2.45) is 9.98 Å². The second-order valence-electron chi connectivity index (χ2n) is 11.3. The first kappa shape index (κ1) is 25.5. The molecule has 0 saturated carbocycles. The summed E-state index contributed by atoms with van der Waals surface area (Å²) in [6, 6.07) is 47.7. The van der Waals surface area contributed by atoms with Crippen molar-refractivity contribution in [3.8, 4) is 11.1 Å².